The minimum Gasteiger partial charge on any atom is -0.354 e. The summed E-state index contributed by atoms with van der Waals surface area (Å²) in [5, 5.41) is 5.80. The monoisotopic (exact) mass is 264 g/mol. The highest BCUT2D eigenvalue weighted by atomic mass is 16.2. The van der Waals surface area contributed by atoms with Crippen LogP contribution < -0.4 is 10.6 Å². The third-order valence-corrected chi connectivity index (χ3v) is 5.03. The smallest absolute Gasteiger partial charge is 0.223 e. The maximum Gasteiger partial charge on any atom is 0.223 e. The van der Waals surface area contributed by atoms with Gasteiger partial charge >= 0.3 is 0 Å². The molecular formula is C15H24N2O2. The van der Waals surface area contributed by atoms with Crippen molar-refractivity contribution in [1.29, 1.82) is 0 Å². The Morgan fingerprint density at radius 2 is 1.74 bits per heavy atom. The van der Waals surface area contributed by atoms with Gasteiger partial charge in [0.25, 0.3) is 0 Å². The average Bonchev–Trinajstić information content (AvgIpc) is 3.05. The molecule has 0 saturated heterocycles. The largest absolute Gasteiger partial charge is 0.354 e. The normalized spacial score (nSPS) is 32.3. The second kappa shape index (κ2) is 5.51. The Hall–Kier alpha value is -1.06. The number of amides is 2. The van der Waals surface area contributed by atoms with Crippen LogP contribution in [0, 0.1) is 23.7 Å². The van der Waals surface area contributed by atoms with Gasteiger partial charge in [0.05, 0.1) is 0 Å². The molecule has 0 aromatic rings. The lowest BCUT2D eigenvalue weighted by atomic mass is 9.86. The van der Waals surface area contributed by atoms with Gasteiger partial charge in [0.15, 0.2) is 0 Å². The Morgan fingerprint density at radius 1 is 0.947 bits per heavy atom. The molecule has 0 radical (unpaired) electrons. The zero-order valence-corrected chi connectivity index (χ0v) is 11.5. The molecule has 3 fully saturated rings. The van der Waals surface area contributed by atoms with E-state index in [2.05, 4.69) is 10.6 Å². The number of fused-ring (bicyclic) bond motifs is 2. The maximum absolute atomic E-state index is 11.8. The average molecular weight is 264 g/mol. The van der Waals surface area contributed by atoms with Crippen LogP contribution in [0.1, 0.15) is 44.9 Å². The number of rotatable bonds is 6. The first-order valence-electron chi connectivity index (χ1n) is 7.77. The summed E-state index contributed by atoms with van der Waals surface area (Å²) in [4.78, 5) is 23.2. The quantitative estimate of drug-likeness (QED) is 0.713. The van der Waals surface area contributed by atoms with Crippen molar-refractivity contribution in [1.82, 2.24) is 10.6 Å². The Morgan fingerprint density at radius 3 is 2.37 bits per heavy atom. The van der Waals surface area contributed by atoms with Gasteiger partial charge in [0.2, 0.25) is 11.8 Å². The molecule has 4 nitrogen and oxygen atoms in total. The predicted octanol–water partition coefficient (Wildman–Crippen LogP) is 1.46. The van der Waals surface area contributed by atoms with Crippen LogP contribution in [-0.4, -0.2) is 24.9 Å². The summed E-state index contributed by atoms with van der Waals surface area (Å²) < 4.78 is 0. The second-order valence-corrected chi connectivity index (χ2v) is 6.55. The van der Waals surface area contributed by atoms with Gasteiger partial charge in [-0.05, 0) is 49.9 Å². The fourth-order valence-electron chi connectivity index (χ4n) is 3.81. The van der Waals surface area contributed by atoms with Crippen molar-refractivity contribution in [2.24, 2.45) is 23.7 Å². The molecule has 3 atom stereocenters. The molecule has 0 aliphatic heterocycles. The van der Waals surface area contributed by atoms with E-state index in [-0.39, 0.29) is 17.7 Å². The molecule has 106 valence electrons. The van der Waals surface area contributed by atoms with E-state index in [1.165, 1.54) is 25.7 Å². The molecule has 2 amide bonds. The lowest BCUT2D eigenvalue weighted by molar-refractivity contribution is -0.124. The van der Waals surface area contributed by atoms with E-state index >= 15 is 0 Å². The molecule has 3 rings (SSSR count). The van der Waals surface area contributed by atoms with Crippen LogP contribution in [0.25, 0.3) is 0 Å². The van der Waals surface area contributed by atoms with Crippen LogP contribution in [0.15, 0.2) is 0 Å². The van der Waals surface area contributed by atoms with Crippen molar-refractivity contribution in [3.8, 4) is 0 Å². The van der Waals surface area contributed by atoms with E-state index in [9.17, 15) is 9.59 Å². The van der Waals surface area contributed by atoms with Gasteiger partial charge in [-0.2, -0.15) is 0 Å². The summed E-state index contributed by atoms with van der Waals surface area (Å²) in [5.74, 6) is 2.91. The minimum atomic E-state index is 0.155. The third-order valence-electron chi connectivity index (χ3n) is 5.03. The number of carbonyl (C=O) groups is 2. The van der Waals surface area contributed by atoms with E-state index in [4.69, 9.17) is 0 Å². The SMILES string of the molecule is O=C(CC1CC2CCC1C2)NCCNC(=O)C1CC1. The van der Waals surface area contributed by atoms with Crippen LogP contribution in [0.2, 0.25) is 0 Å². The molecule has 4 heteroatoms. The molecule has 3 unspecified atom stereocenters. The predicted molar refractivity (Wildman–Crippen MR) is 72.3 cm³/mol. The minimum absolute atomic E-state index is 0.155. The zero-order chi connectivity index (χ0) is 13.2. The van der Waals surface area contributed by atoms with Crippen molar-refractivity contribution in [2.45, 2.75) is 44.9 Å². The van der Waals surface area contributed by atoms with Crippen molar-refractivity contribution in [3.63, 3.8) is 0 Å². The van der Waals surface area contributed by atoms with E-state index in [0.29, 0.717) is 25.4 Å². The Bertz CT molecular complexity index is 365. The Kier molecular flexibility index (Phi) is 3.76. The molecule has 3 aliphatic rings. The van der Waals surface area contributed by atoms with Crippen molar-refractivity contribution >= 4 is 11.8 Å². The van der Waals surface area contributed by atoms with Crippen molar-refractivity contribution < 1.29 is 9.59 Å². The van der Waals surface area contributed by atoms with E-state index < -0.39 is 0 Å². The van der Waals surface area contributed by atoms with E-state index in [1.807, 2.05) is 0 Å². The highest BCUT2D eigenvalue weighted by molar-refractivity contribution is 5.81. The first-order chi connectivity index (χ1) is 9.22. The van der Waals surface area contributed by atoms with Gasteiger partial charge in [-0.1, -0.05) is 6.42 Å². The number of nitrogens with one attached hydrogen (secondary N) is 2. The van der Waals surface area contributed by atoms with Gasteiger partial charge < -0.3 is 10.6 Å². The molecule has 3 aliphatic carbocycles. The number of hydrogen-bond acceptors (Lipinski definition) is 2. The summed E-state index contributed by atoms with van der Waals surface area (Å²) in [6, 6.07) is 0. The first kappa shape index (κ1) is 12.9. The topological polar surface area (TPSA) is 58.2 Å². The van der Waals surface area contributed by atoms with Crippen molar-refractivity contribution in [3.05, 3.63) is 0 Å². The second-order valence-electron chi connectivity index (χ2n) is 6.55. The summed E-state index contributed by atoms with van der Waals surface area (Å²) in [7, 11) is 0. The fraction of sp³-hybridized carbons (Fsp3) is 0.867. The molecule has 0 aromatic heterocycles. The zero-order valence-electron chi connectivity index (χ0n) is 11.5. The van der Waals surface area contributed by atoms with Crippen LogP contribution in [-0.2, 0) is 9.59 Å². The molecule has 0 spiro atoms. The fourth-order valence-corrected chi connectivity index (χ4v) is 3.81. The molecule has 0 heterocycles. The standard InChI is InChI=1S/C15H24N2O2/c18-14(9-13-8-10-1-2-12(13)7-10)16-5-6-17-15(19)11-3-4-11/h10-13H,1-9H2,(H,16,18)(H,17,19). The summed E-state index contributed by atoms with van der Waals surface area (Å²) in [5.41, 5.74) is 0. The van der Waals surface area contributed by atoms with Crippen LogP contribution in [0.3, 0.4) is 0 Å². The third kappa shape index (κ3) is 3.28. The molecule has 2 N–H and O–H groups in total. The summed E-state index contributed by atoms with van der Waals surface area (Å²) in [6.07, 6.45) is 8.09. The van der Waals surface area contributed by atoms with Crippen LogP contribution >= 0.6 is 0 Å². The summed E-state index contributed by atoms with van der Waals surface area (Å²) >= 11 is 0. The van der Waals surface area contributed by atoms with E-state index in [0.717, 1.165) is 24.7 Å². The van der Waals surface area contributed by atoms with Gasteiger partial charge in [-0.15, -0.1) is 0 Å². The Balaban J connectivity index is 1.28. The van der Waals surface area contributed by atoms with Gasteiger partial charge in [0, 0.05) is 25.4 Å². The molecule has 2 bridgehead atoms. The highest BCUT2D eigenvalue weighted by Crippen LogP contribution is 2.49. The molecular weight excluding hydrogens is 240 g/mol. The first-order valence-corrected chi connectivity index (χ1v) is 7.77. The molecule has 19 heavy (non-hydrogen) atoms. The number of hydrogen-bond donors (Lipinski definition) is 2. The van der Waals surface area contributed by atoms with Gasteiger partial charge in [0.1, 0.15) is 0 Å². The van der Waals surface area contributed by atoms with Crippen molar-refractivity contribution in [2.75, 3.05) is 13.1 Å². The maximum atomic E-state index is 11.8. The highest BCUT2D eigenvalue weighted by Gasteiger charge is 2.40. The summed E-state index contributed by atoms with van der Waals surface area (Å²) in [6.45, 7) is 1.13. The lowest BCUT2D eigenvalue weighted by Crippen LogP contribution is -2.36. The molecule has 0 aromatic carbocycles. The molecule has 3 saturated carbocycles. The number of carbonyl (C=O) groups excluding carboxylic acids is 2. The van der Waals surface area contributed by atoms with Crippen LogP contribution in [0.4, 0.5) is 0 Å². The van der Waals surface area contributed by atoms with Crippen LogP contribution in [0.5, 0.6) is 0 Å². The van der Waals surface area contributed by atoms with Gasteiger partial charge in [-0.3, -0.25) is 9.59 Å². The lowest BCUT2D eigenvalue weighted by Gasteiger charge is -2.20. The van der Waals surface area contributed by atoms with Gasteiger partial charge in [-0.25, -0.2) is 0 Å². The Labute approximate surface area is 114 Å². The van der Waals surface area contributed by atoms with E-state index in [1.54, 1.807) is 0 Å².